The molecule has 0 saturated heterocycles. The summed E-state index contributed by atoms with van der Waals surface area (Å²) in [7, 11) is 3.86. The summed E-state index contributed by atoms with van der Waals surface area (Å²) in [5, 5.41) is 0.614. The third-order valence-electron chi connectivity index (χ3n) is 4.01. The van der Waals surface area contributed by atoms with E-state index in [2.05, 4.69) is 20.1 Å². The molecule has 0 rings (SSSR count). The Balaban J connectivity index is 4.33. The van der Waals surface area contributed by atoms with Crippen LogP contribution in [0.15, 0.2) is 0 Å². The molecule has 0 unspecified atom stereocenters. The average Bonchev–Trinajstić information content (AvgIpc) is 2.45. The van der Waals surface area contributed by atoms with Crippen LogP contribution in [0.3, 0.4) is 0 Å². The van der Waals surface area contributed by atoms with Gasteiger partial charge in [0.1, 0.15) is 4.84 Å². The fraction of sp³-hybridized carbons (Fsp3) is 1.00. The molecule has 0 aliphatic carbocycles. The molecule has 0 spiro atoms. The fourth-order valence-electron chi connectivity index (χ4n) is 2.79. The number of unbranched alkanes of at least 4 members (excludes halogenated alkanes) is 6. The summed E-state index contributed by atoms with van der Waals surface area (Å²) in [5.41, 5.74) is 0. The maximum absolute atomic E-state index is 6.06. The highest BCUT2D eigenvalue weighted by atomic mass is 35.5. The molecule has 0 aromatic heterocycles. The zero-order valence-corrected chi connectivity index (χ0v) is 17.2. The Hall–Kier alpha value is 1.28. The van der Waals surface area contributed by atoms with Crippen LogP contribution in [-0.2, 0) is 0 Å². The third kappa shape index (κ3) is 13.4. The van der Waals surface area contributed by atoms with E-state index in [0.29, 0.717) is 5.25 Å². The molecule has 0 amide bonds. The summed E-state index contributed by atoms with van der Waals surface area (Å²) < 4.78 is 0. The Morgan fingerprint density at radius 3 is 1.71 bits per heavy atom. The average molecular weight is 373 g/mol. The minimum Gasteiger partial charge on any atom is -0.105 e. The van der Waals surface area contributed by atoms with E-state index >= 15 is 0 Å². The SMILES string of the molecule is CCCCCCC(CCCCCC)[C@@H](CC(Cl)Cl)SSC. The molecule has 0 aliphatic heterocycles. The van der Waals surface area contributed by atoms with Crippen LogP contribution in [0, 0.1) is 5.92 Å². The fourth-order valence-corrected chi connectivity index (χ4v) is 5.78. The van der Waals surface area contributed by atoms with Gasteiger partial charge >= 0.3 is 0 Å². The molecule has 0 saturated carbocycles. The highest BCUT2D eigenvalue weighted by molar-refractivity contribution is 8.76. The molecule has 1 atom stereocenters. The Bertz CT molecular complexity index is 201. The highest BCUT2D eigenvalue weighted by Crippen LogP contribution is 2.38. The molecular weight excluding hydrogens is 339 g/mol. The van der Waals surface area contributed by atoms with E-state index < -0.39 is 0 Å². The van der Waals surface area contributed by atoms with Gasteiger partial charge in [0, 0.05) is 5.25 Å². The van der Waals surface area contributed by atoms with Crippen molar-refractivity contribution in [3.63, 3.8) is 0 Å². The summed E-state index contributed by atoms with van der Waals surface area (Å²) in [5.74, 6) is 0.788. The molecule has 0 aromatic carbocycles. The second-order valence-corrected chi connectivity index (χ2v) is 9.87. The lowest BCUT2D eigenvalue weighted by atomic mass is 9.90. The maximum Gasteiger partial charge on any atom is 0.108 e. The molecule has 128 valence electrons. The first kappa shape index (κ1) is 22.3. The monoisotopic (exact) mass is 372 g/mol. The lowest BCUT2D eigenvalue weighted by molar-refractivity contribution is 0.388. The van der Waals surface area contributed by atoms with Crippen molar-refractivity contribution >= 4 is 44.8 Å². The number of alkyl halides is 2. The molecule has 0 N–H and O–H groups in total. The first-order valence-electron chi connectivity index (χ1n) is 8.63. The Labute approximate surface area is 151 Å². The standard InChI is InChI=1S/C17H34Cl2S2/c1-4-6-8-10-12-15(13-11-9-7-5-2)16(21-20-3)14-17(18)19/h15-17H,4-14H2,1-3H3/t16-/m1/s1. The zero-order valence-electron chi connectivity index (χ0n) is 14.1. The van der Waals surface area contributed by atoms with E-state index in [1.54, 1.807) is 0 Å². The van der Waals surface area contributed by atoms with Crippen molar-refractivity contribution in [2.24, 2.45) is 5.92 Å². The van der Waals surface area contributed by atoms with Gasteiger partial charge in [-0.1, -0.05) is 86.8 Å². The molecule has 0 nitrogen and oxygen atoms in total. The normalized spacial score (nSPS) is 13.3. The van der Waals surface area contributed by atoms with E-state index in [1.807, 2.05) is 21.6 Å². The number of hydrogen-bond acceptors (Lipinski definition) is 2. The van der Waals surface area contributed by atoms with Crippen LogP contribution >= 0.6 is 44.8 Å². The van der Waals surface area contributed by atoms with Crippen LogP contribution in [0.1, 0.15) is 84.5 Å². The molecular formula is C17H34Cl2S2. The van der Waals surface area contributed by atoms with Gasteiger partial charge in [0.15, 0.2) is 0 Å². The van der Waals surface area contributed by atoms with Crippen molar-refractivity contribution in [2.45, 2.75) is 94.6 Å². The van der Waals surface area contributed by atoms with Crippen LogP contribution in [0.5, 0.6) is 0 Å². The van der Waals surface area contributed by atoms with Crippen molar-refractivity contribution < 1.29 is 0 Å². The van der Waals surface area contributed by atoms with E-state index in [-0.39, 0.29) is 4.84 Å². The largest absolute Gasteiger partial charge is 0.108 e. The first-order chi connectivity index (χ1) is 10.2. The van der Waals surface area contributed by atoms with E-state index in [0.717, 1.165) is 12.3 Å². The third-order valence-corrected chi connectivity index (χ3v) is 6.71. The summed E-state index contributed by atoms with van der Waals surface area (Å²) in [6.45, 7) is 4.56. The summed E-state index contributed by atoms with van der Waals surface area (Å²) >= 11 is 12.1. The topological polar surface area (TPSA) is 0 Å². The second-order valence-electron chi connectivity index (χ2n) is 5.89. The highest BCUT2D eigenvalue weighted by Gasteiger charge is 2.23. The van der Waals surface area contributed by atoms with Crippen LogP contribution in [-0.4, -0.2) is 16.3 Å². The number of hydrogen-bond donors (Lipinski definition) is 0. The molecule has 0 heterocycles. The smallest absolute Gasteiger partial charge is 0.105 e. The second kappa shape index (κ2) is 16.1. The van der Waals surface area contributed by atoms with Crippen LogP contribution < -0.4 is 0 Å². The van der Waals surface area contributed by atoms with Gasteiger partial charge in [0.05, 0.1) is 0 Å². The number of rotatable bonds is 15. The predicted molar refractivity (Wildman–Crippen MR) is 106 cm³/mol. The van der Waals surface area contributed by atoms with Crippen molar-refractivity contribution in [2.75, 3.05) is 6.26 Å². The van der Waals surface area contributed by atoms with Gasteiger partial charge in [-0.15, -0.1) is 23.2 Å². The Kier molecular flexibility index (Phi) is 17.1. The minimum atomic E-state index is -0.219. The predicted octanol–water partition coefficient (Wildman–Crippen LogP) is 8.12. The van der Waals surface area contributed by atoms with Crippen molar-refractivity contribution in [3.05, 3.63) is 0 Å². The van der Waals surface area contributed by atoms with Gasteiger partial charge in [-0.25, -0.2) is 0 Å². The lowest BCUT2D eigenvalue weighted by Gasteiger charge is -2.27. The lowest BCUT2D eigenvalue weighted by Crippen LogP contribution is -2.19. The summed E-state index contributed by atoms with van der Waals surface area (Å²) in [6, 6.07) is 0. The Morgan fingerprint density at radius 1 is 0.810 bits per heavy atom. The molecule has 21 heavy (non-hydrogen) atoms. The maximum atomic E-state index is 6.06. The van der Waals surface area contributed by atoms with Gasteiger partial charge in [-0.05, 0) is 31.4 Å². The van der Waals surface area contributed by atoms with Gasteiger partial charge in [-0.2, -0.15) is 0 Å². The molecule has 0 aliphatic rings. The van der Waals surface area contributed by atoms with Crippen molar-refractivity contribution in [1.82, 2.24) is 0 Å². The van der Waals surface area contributed by atoms with Crippen molar-refractivity contribution in [3.8, 4) is 0 Å². The van der Waals surface area contributed by atoms with Crippen molar-refractivity contribution in [1.29, 1.82) is 0 Å². The van der Waals surface area contributed by atoms with Gasteiger partial charge in [0.25, 0.3) is 0 Å². The van der Waals surface area contributed by atoms with Gasteiger partial charge < -0.3 is 0 Å². The summed E-state index contributed by atoms with van der Waals surface area (Å²) in [6.07, 6.45) is 16.7. The number of halogens is 2. The molecule has 0 bridgehead atoms. The first-order valence-corrected chi connectivity index (χ1v) is 12.1. The summed E-state index contributed by atoms with van der Waals surface area (Å²) in [4.78, 5) is -0.219. The van der Waals surface area contributed by atoms with Crippen LogP contribution in [0.4, 0.5) is 0 Å². The Morgan fingerprint density at radius 2 is 1.33 bits per heavy atom. The van der Waals surface area contributed by atoms with E-state index in [1.165, 1.54) is 64.2 Å². The van der Waals surface area contributed by atoms with E-state index in [9.17, 15) is 0 Å². The van der Waals surface area contributed by atoms with E-state index in [4.69, 9.17) is 23.2 Å². The van der Waals surface area contributed by atoms with Gasteiger partial charge in [0.2, 0.25) is 0 Å². The minimum absolute atomic E-state index is 0.219. The quantitative estimate of drug-likeness (QED) is 0.161. The van der Waals surface area contributed by atoms with Crippen LogP contribution in [0.2, 0.25) is 0 Å². The molecule has 0 radical (unpaired) electrons. The molecule has 0 fully saturated rings. The molecule has 4 heteroatoms. The zero-order chi connectivity index (χ0) is 15.9. The van der Waals surface area contributed by atoms with Crippen LogP contribution in [0.25, 0.3) is 0 Å². The van der Waals surface area contributed by atoms with Gasteiger partial charge in [-0.3, -0.25) is 0 Å². The molecule has 0 aromatic rings.